The van der Waals surface area contributed by atoms with Crippen LogP contribution in [0, 0.1) is 5.82 Å². The average molecular weight is 358 g/mol. The maximum Gasteiger partial charge on any atom is 0.323 e. The summed E-state index contributed by atoms with van der Waals surface area (Å²) in [7, 11) is 0. The molecule has 0 radical (unpaired) electrons. The predicted octanol–water partition coefficient (Wildman–Crippen LogP) is 5.40. The second-order valence-corrected chi connectivity index (χ2v) is 8.42. The van der Waals surface area contributed by atoms with Gasteiger partial charge in [-0.05, 0) is 34.7 Å². The molecule has 132 valence electrons. The first kappa shape index (κ1) is 17.8. The zero-order chi connectivity index (χ0) is 18.0. The first-order chi connectivity index (χ1) is 11.8. The molecular formula is C20H23FN2OS. The summed E-state index contributed by atoms with van der Waals surface area (Å²) in [5, 5.41) is 2.78. The topological polar surface area (TPSA) is 32.3 Å². The van der Waals surface area contributed by atoms with Crippen molar-refractivity contribution in [3.05, 3.63) is 65.5 Å². The van der Waals surface area contributed by atoms with E-state index in [4.69, 9.17) is 0 Å². The smallest absolute Gasteiger partial charge is 0.308 e. The number of amides is 2. The second-order valence-electron chi connectivity index (χ2n) is 7.23. The molecule has 5 heteroatoms. The van der Waals surface area contributed by atoms with Gasteiger partial charge in [0.2, 0.25) is 0 Å². The van der Waals surface area contributed by atoms with Gasteiger partial charge in [-0.1, -0.05) is 51.1 Å². The fourth-order valence-electron chi connectivity index (χ4n) is 2.86. The van der Waals surface area contributed by atoms with Crippen LogP contribution in [0.1, 0.15) is 37.3 Å². The SMILES string of the molecule is CC(C)(C)c1ccc([C@H]2SCCN2C(=O)Nc2cccc(F)c2)cc1. The molecule has 0 bridgehead atoms. The summed E-state index contributed by atoms with van der Waals surface area (Å²) in [5.41, 5.74) is 2.97. The van der Waals surface area contributed by atoms with E-state index in [-0.39, 0.29) is 22.6 Å². The molecule has 2 aromatic carbocycles. The van der Waals surface area contributed by atoms with Gasteiger partial charge in [-0.25, -0.2) is 9.18 Å². The number of carbonyl (C=O) groups excluding carboxylic acids is 1. The van der Waals surface area contributed by atoms with Crippen molar-refractivity contribution in [3.8, 4) is 0 Å². The van der Waals surface area contributed by atoms with E-state index in [0.717, 1.165) is 11.3 Å². The van der Waals surface area contributed by atoms with Crippen molar-refractivity contribution < 1.29 is 9.18 Å². The van der Waals surface area contributed by atoms with Gasteiger partial charge in [0.1, 0.15) is 11.2 Å². The van der Waals surface area contributed by atoms with Crippen LogP contribution in [-0.4, -0.2) is 23.2 Å². The maximum absolute atomic E-state index is 13.3. The first-order valence-corrected chi connectivity index (χ1v) is 9.45. The number of hydrogen-bond donors (Lipinski definition) is 1. The number of nitrogens with one attached hydrogen (secondary N) is 1. The molecule has 0 aromatic heterocycles. The van der Waals surface area contributed by atoms with Gasteiger partial charge >= 0.3 is 6.03 Å². The molecule has 1 saturated heterocycles. The van der Waals surface area contributed by atoms with Crippen molar-refractivity contribution in [2.75, 3.05) is 17.6 Å². The minimum absolute atomic E-state index is 0.0115. The molecule has 2 amide bonds. The molecule has 3 rings (SSSR count). The van der Waals surface area contributed by atoms with Crippen LogP contribution in [0.3, 0.4) is 0 Å². The number of hydrogen-bond acceptors (Lipinski definition) is 2. The van der Waals surface area contributed by atoms with Crippen LogP contribution in [0.25, 0.3) is 0 Å². The molecule has 0 spiro atoms. The van der Waals surface area contributed by atoms with Crippen LogP contribution in [0.4, 0.5) is 14.9 Å². The fourth-order valence-corrected chi connectivity index (χ4v) is 4.12. The van der Waals surface area contributed by atoms with Gasteiger partial charge in [0.15, 0.2) is 0 Å². The summed E-state index contributed by atoms with van der Waals surface area (Å²) >= 11 is 1.75. The highest BCUT2D eigenvalue weighted by molar-refractivity contribution is 7.99. The second kappa shape index (κ2) is 7.08. The van der Waals surface area contributed by atoms with E-state index in [9.17, 15) is 9.18 Å². The van der Waals surface area contributed by atoms with Gasteiger partial charge in [-0.15, -0.1) is 11.8 Å². The Kier molecular flexibility index (Phi) is 5.04. The van der Waals surface area contributed by atoms with E-state index in [1.54, 1.807) is 23.9 Å². The van der Waals surface area contributed by atoms with Crippen LogP contribution in [0.2, 0.25) is 0 Å². The number of benzene rings is 2. The number of carbonyl (C=O) groups is 1. The van der Waals surface area contributed by atoms with E-state index in [1.807, 2.05) is 4.90 Å². The molecular weight excluding hydrogens is 335 g/mol. The third-order valence-corrected chi connectivity index (χ3v) is 5.55. The minimum atomic E-state index is -0.358. The van der Waals surface area contributed by atoms with Crippen LogP contribution < -0.4 is 5.32 Å². The Bertz CT molecular complexity index is 755. The standard InChI is InChI=1S/C20H23FN2OS/c1-20(2,3)15-9-7-14(8-10-15)18-23(11-12-25-18)19(24)22-17-6-4-5-16(21)13-17/h4-10,13,18H,11-12H2,1-3H3,(H,22,24)/t18-/m1/s1. The molecule has 1 heterocycles. The van der Waals surface area contributed by atoms with Crippen molar-refractivity contribution in [1.29, 1.82) is 0 Å². The van der Waals surface area contributed by atoms with Gasteiger partial charge in [-0.2, -0.15) is 0 Å². The van der Waals surface area contributed by atoms with E-state index in [2.05, 4.69) is 50.4 Å². The van der Waals surface area contributed by atoms with Crippen molar-refractivity contribution in [1.82, 2.24) is 4.90 Å². The summed E-state index contributed by atoms with van der Waals surface area (Å²) < 4.78 is 13.3. The first-order valence-electron chi connectivity index (χ1n) is 8.40. The Hall–Kier alpha value is -2.01. The molecule has 0 saturated carbocycles. The van der Waals surface area contributed by atoms with Crippen molar-refractivity contribution in [3.63, 3.8) is 0 Å². The zero-order valence-electron chi connectivity index (χ0n) is 14.8. The molecule has 1 aliphatic heterocycles. The third-order valence-electron chi connectivity index (χ3n) is 4.29. The van der Waals surface area contributed by atoms with Gasteiger partial charge in [0.05, 0.1) is 0 Å². The number of rotatable bonds is 2. The summed E-state index contributed by atoms with van der Waals surface area (Å²) in [4.78, 5) is 14.4. The molecule has 0 unspecified atom stereocenters. The van der Waals surface area contributed by atoms with Crippen molar-refractivity contribution in [2.24, 2.45) is 0 Å². The Morgan fingerprint density at radius 2 is 1.92 bits per heavy atom. The Morgan fingerprint density at radius 1 is 1.20 bits per heavy atom. The van der Waals surface area contributed by atoms with E-state index in [1.165, 1.54) is 17.7 Å². The van der Waals surface area contributed by atoms with Crippen LogP contribution in [0.15, 0.2) is 48.5 Å². The average Bonchev–Trinajstić information content (AvgIpc) is 3.04. The molecule has 1 N–H and O–H groups in total. The fraction of sp³-hybridized carbons (Fsp3) is 0.350. The van der Waals surface area contributed by atoms with Crippen LogP contribution in [-0.2, 0) is 5.41 Å². The lowest BCUT2D eigenvalue weighted by molar-refractivity contribution is 0.214. The van der Waals surface area contributed by atoms with E-state index in [0.29, 0.717) is 12.2 Å². The zero-order valence-corrected chi connectivity index (χ0v) is 15.6. The largest absolute Gasteiger partial charge is 0.323 e. The van der Waals surface area contributed by atoms with E-state index >= 15 is 0 Å². The van der Waals surface area contributed by atoms with Gasteiger partial charge in [-0.3, -0.25) is 0 Å². The summed E-state index contributed by atoms with van der Waals surface area (Å²) in [6, 6.07) is 14.3. The van der Waals surface area contributed by atoms with Gasteiger partial charge in [0, 0.05) is 18.0 Å². The summed E-state index contributed by atoms with van der Waals surface area (Å²) in [5.74, 6) is 0.533. The van der Waals surface area contributed by atoms with Crippen molar-refractivity contribution >= 4 is 23.5 Å². The Balaban J connectivity index is 1.74. The van der Waals surface area contributed by atoms with Gasteiger partial charge < -0.3 is 10.2 Å². The maximum atomic E-state index is 13.3. The monoisotopic (exact) mass is 358 g/mol. The quantitative estimate of drug-likeness (QED) is 0.779. The normalized spacial score (nSPS) is 17.6. The number of thioether (sulfide) groups is 1. The Labute approximate surface area is 152 Å². The molecule has 1 fully saturated rings. The predicted molar refractivity (Wildman–Crippen MR) is 102 cm³/mol. The molecule has 1 atom stereocenters. The third kappa shape index (κ3) is 4.15. The van der Waals surface area contributed by atoms with Crippen LogP contribution >= 0.6 is 11.8 Å². The lowest BCUT2D eigenvalue weighted by Gasteiger charge is -2.25. The molecule has 0 aliphatic carbocycles. The Morgan fingerprint density at radius 3 is 2.56 bits per heavy atom. The molecule has 1 aliphatic rings. The highest BCUT2D eigenvalue weighted by Crippen LogP contribution is 2.38. The molecule has 3 nitrogen and oxygen atoms in total. The highest BCUT2D eigenvalue weighted by atomic mass is 32.2. The van der Waals surface area contributed by atoms with Crippen LogP contribution in [0.5, 0.6) is 0 Å². The molecule has 25 heavy (non-hydrogen) atoms. The molecule has 2 aromatic rings. The highest BCUT2D eigenvalue weighted by Gasteiger charge is 2.31. The number of nitrogens with zero attached hydrogens (tertiary/aromatic N) is 1. The van der Waals surface area contributed by atoms with Crippen molar-refractivity contribution in [2.45, 2.75) is 31.6 Å². The summed E-state index contributed by atoms with van der Waals surface area (Å²) in [6.07, 6.45) is 0. The lowest BCUT2D eigenvalue weighted by atomic mass is 9.87. The number of urea groups is 1. The number of halogens is 1. The lowest BCUT2D eigenvalue weighted by Crippen LogP contribution is -2.34. The number of anilines is 1. The summed E-state index contributed by atoms with van der Waals surface area (Å²) in [6.45, 7) is 7.23. The minimum Gasteiger partial charge on any atom is -0.308 e. The van der Waals surface area contributed by atoms with E-state index < -0.39 is 0 Å². The van der Waals surface area contributed by atoms with Gasteiger partial charge in [0.25, 0.3) is 0 Å².